The molecule has 1 heterocycles. The van der Waals surface area contributed by atoms with E-state index in [1.807, 2.05) is 0 Å². The Labute approximate surface area is 64.6 Å². The molecule has 1 aliphatic heterocycles. The molecule has 0 aromatic heterocycles. The van der Waals surface area contributed by atoms with Crippen LogP contribution in [-0.4, -0.2) is 43.1 Å². The lowest BCUT2D eigenvalue weighted by molar-refractivity contribution is -0.117. The van der Waals surface area contributed by atoms with Crippen molar-refractivity contribution in [2.45, 2.75) is 6.04 Å². The summed E-state index contributed by atoms with van der Waals surface area (Å²) in [5, 5.41) is 0. The maximum atomic E-state index is 10.9. The molecule has 2 N–H and O–H groups in total. The summed E-state index contributed by atoms with van der Waals surface area (Å²) in [6.45, 7) is 0. The highest BCUT2D eigenvalue weighted by atomic mass is 16.1. The van der Waals surface area contributed by atoms with E-state index in [4.69, 9.17) is 5.73 Å². The third-order valence-corrected chi connectivity index (χ3v) is 1.25. The van der Waals surface area contributed by atoms with Gasteiger partial charge in [0, 0.05) is 20.3 Å². The molecule has 0 radical (unpaired) electrons. The third-order valence-electron chi connectivity index (χ3n) is 1.25. The van der Waals surface area contributed by atoms with Crippen molar-refractivity contribution in [3.8, 4) is 0 Å². The normalized spacial score (nSPS) is 23.4. The number of hydrogen-bond donors (Lipinski definition) is 1. The zero-order valence-corrected chi connectivity index (χ0v) is 6.48. The summed E-state index contributed by atoms with van der Waals surface area (Å²) in [6, 6.07) is -0.668. The van der Waals surface area contributed by atoms with Gasteiger partial charge in [0.15, 0.2) is 0 Å². The van der Waals surface area contributed by atoms with E-state index in [2.05, 4.69) is 9.98 Å². The molecule has 0 saturated carbocycles. The van der Waals surface area contributed by atoms with Gasteiger partial charge in [-0.25, -0.2) is 4.99 Å². The van der Waals surface area contributed by atoms with Crippen LogP contribution in [0.3, 0.4) is 0 Å². The van der Waals surface area contributed by atoms with Crippen LogP contribution in [0.15, 0.2) is 9.98 Å². The van der Waals surface area contributed by atoms with Crippen LogP contribution in [0.1, 0.15) is 0 Å². The first-order valence-electron chi connectivity index (χ1n) is 3.21. The van der Waals surface area contributed by atoms with E-state index in [1.165, 1.54) is 6.21 Å². The number of carbonyl (C=O) groups excluding carboxylic acids is 1. The lowest BCUT2D eigenvalue weighted by atomic mass is 10.3. The van der Waals surface area contributed by atoms with Crippen LogP contribution in [0.4, 0.5) is 0 Å². The lowest BCUT2D eigenvalue weighted by Crippen LogP contribution is -2.37. The van der Waals surface area contributed by atoms with Crippen LogP contribution in [0.5, 0.6) is 0 Å². The molecule has 0 bridgehead atoms. The Balaban J connectivity index is 2.80. The van der Waals surface area contributed by atoms with Gasteiger partial charge in [-0.05, 0) is 0 Å². The number of guanidine groups is 1. The van der Waals surface area contributed by atoms with Gasteiger partial charge in [-0.3, -0.25) is 4.79 Å². The molecule has 1 aliphatic rings. The minimum atomic E-state index is -0.668. The molecule has 5 nitrogen and oxygen atoms in total. The predicted octanol–water partition coefficient (Wildman–Crippen LogP) is -1.16. The molecule has 0 aliphatic carbocycles. The summed E-state index contributed by atoms with van der Waals surface area (Å²) in [7, 11) is 3.53. The number of rotatable bonds is 0. The highest BCUT2D eigenvalue weighted by Gasteiger charge is 2.16. The molecule has 0 spiro atoms. The number of hydrogen-bond acceptors (Lipinski definition) is 4. The average Bonchev–Trinajstić information content (AvgIpc) is 1.94. The Morgan fingerprint density at radius 2 is 2.27 bits per heavy atom. The van der Waals surface area contributed by atoms with E-state index in [0.717, 1.165) is 0 Å². The summed E-state index contributed by atoms with van der Waals surface area (Å²) < 4.78 is 0. The Morgan fingerprint density at radius 1 is 1.64 bits per heavy atom. The largest absolute Gasteiger partial charge is 0.347 e. The van der Waals surface area contributed by atoms with E-state index in [-0.39, 0.29) is 5.91 Å². The van der Waals surface area contributed by atoms with Gasteiger partial charge in [-0.2, -0.15) is 4.99 Å². The number of aliphatic imine (C=N–C) groups is 2. The highest BCUT2D eigenvalue weighted by molar-refractivity contribution is 6.10. The van der Waals surface area contributed by atoms with Gasteiger partial charge in [-0.1, -0.05) is 0 Å². The zero-order chi connectivity index (χ0) is 8.43. The molecule has 0 aromatic rings. The highest BCUT2D eigenvalue weighted by Crippen LogP contribution is 1.95. The van der Waals surface area contributed by atoms with Crippen LogP contribution < -0.4 is 5.73 Å². The molecule has 1 amide bonds. The third kappa shape index (κ3) is 1.62. The Kier molecular flexibility index (Phi) is 2.00. The first-order valence-corrected chi connectivity index (χ1v) is 3.21. The summed E-state index contributed by atoms with van der Waals surface area (Å²) >= 11 is 0. The molecule has 0 aromatic carbocycles. The summed E-state index contributed by atoms with van der Waals surface area (Å²) in [5.41, 5.74) is 5.32. The number of amides is 1. The minimum absolute atomic E-state index is 0.344. The van der Waals surface area contributed by atoms with Gasteiger partial charge in [0.1, 0.15) is 6.04 Å². The molecule has 1 atom stereocenters. The lowest BCUT2D eigenvalue weighted by Gasteiger charge is -2.14. The van der Waals surface area contributed by atoms with Gasteiger partial charge in [0.05, 0.1) is 0 Å². The SMILES string of the molecule is CN(C)C1=NC(=O)C(N)C=N1. The summed E-state index contributed by atoms with van der Waals surface area (Å²) in [5.74, 6) is 0.0559. The summed E-state index contributed by atoms with van der Waals surface area (Å²) in [4.78, 5) is 20.0. The quantitative estimate of drug-likeness (QED) is 0.478. The van der Waals surface area contributed by atoms with Gasteiger partial charge < -0.3 is 10.6 Å². The van der Waals surface area contributed by atoms with Crippen molar-refractivity contribution in [2.24, 2.45) is 15.7 Å². The van der Waals surface area contributed by atoms with Crippen molar-refractivity contribution in [1.29, 1.82) is 0 Å². The number of carbonyl (C=O) groups is 1. The van der Waals surface area contributed by atoms with E-state index >= 15 is 0 Å². The van der Waals surface area contributed by atoms with Crippen LogP contribution in [0.25, 0.3) is 0 Å². The van der Waals surface area contributed by atoms with Crippen molar-refractivity contribution in [1.82, 2.24) is 4.90 Å². The second-order valence-electron chi connectivity index (χ2n) is 2.45. The zero-order valence-electron chi connectivity index (χ0n) is 6.48. The number of nitrogens with zero attached hydrogens (tertiary/aromatic N) is 3. The second-order valence-corrected chi connectivity index (χ2v) is 2.45. The van der Waals surface area contributed by atoms with Gasteiger partial charge in [0.2, 0.25) is 5.96 Å². The molecule has 5 heteroatoms. The smallest absolute Gasteiger partial charge is 0.271 e. The number of nitrogens with two attached hydrogens (primary N) is 1. The molecule has 1 rings (SSSR count). The van der Waals surface area contributed by atoms with Crippen molar-refractivity contribution >= 4 is 18.1 Å². The van der Waals surface area contributed by atoms with Gasteiger partial charge >= 0.3 is 0 Å². The molecule has 60 valence electrons. The molecule has 11 heavy (non-hydrogen) atoms. The average molecular weight is 154 g/mol. The van der Waals surface area contributed by atoms with Crippen molar-refractivity contribution in [3.63, 3.8) is 0 Å². The monoisotopic (exact) mass is 154 g/mol. The Morgan fingerprint density at radius 3 is 2.73 bits per heavy atom. The standard InChI is InChI=1S/C6H10N4O/c1-10(2)6-8-3-4(7)5(11)9-6/h3-4H,7H2,1-2H3. The first kappa shape index (κ1) is 7.87. The maximum absolute atomic E-state index is 10.9. The van der Waals surface area contributed by atoms with E-state index in [0.29, 0.717) is 5.96 Å². The fraction of sp³-hybridized carbons (Fsp3) is 0.500. The minimum Gasteiger partial charge on any atom is -0.347 e. The van der Waals surface area contributed by atoms with E-state index in [9.17, 15) is 4.79 Å². The second kappa shape index (κ2) is 2.79. The maximum Gasteiger partial charge on any atom is 0.271 e. The molecule has 0 saturated heterocycles. The molecular formula is C6H10N4O. The van der Waals surface area contributed by atoms with Crippen LogP contribution in [0.2, 0.25) is 0 Å². The predicted molar refractivity (Wildman–Crippen MR) is 42.6 cm³/mol. The fourth-order valence-electron chi connectivity index (χ4n) is 0.628. The topological polar surface area (TPSA) is 71.0 Å². The van der Waals surface area contributed by atoms with E-state index in [1.54, 1.807) is 19.0 Å². The van der Waals surface area contributed by atoms with Gasteiger partial charge in [-0.15, -0.1) is 0 Å². The van der Waals surface area contributed by atoms with Crippen LogP contribution in [-0.2, 0) is 4.79 Å². The molecule has 0 fully saturated rings. The van der Waals surface area contributed by atoms with Gasteiger partial charge in [0.25, 0.3) is 5.91 Å². The Hall–Kier alpha value is -1.23. The van der Waals surface area contributed by atoms with Crippen molar-refractivity contribution in [3.05, 3.63) is 0 Å². The van der Waals surface area contributed by atoms with Crippen LogP contribution >= 0.6 is 0 Å². The summed E-state index contributed by atoms with van der Waals surface area (Å²) in [6.07, 6.45) is 1.39. The molecule has 1 unspecified atom stereocenters. The van der Waals surface area contributed by atoms with Crippen LogP contribution in [0, 0.1) is 0 Å². The molecular weight excluding hydrogens is 144 g/mol. The first-order chi connectivity index (χ1) is 5.11. The fourth-order valence-corrected chi connectivity index (χ4v) is 0.628. The Bertz CT molecular complexity index is 231. The van der Waals surface area contributed by atoms with Crippen molar-refractivity contribution in [2.75, 3.05) is 14.1 Å². The van der Waals surface area contributed by atoms with E-state index < -0.39 is 6.04 Å². The van der Waals surface area contributed by atoms with Crippen molar-refractivity contribution < 1.29 is 4.79 Å².